The van der Waals surface area contributed by atoms with Gasteiger partial charge in [0.15, 0.2) is 0 Å². The Morgan fingerprint density at radius 1 is 1.53 bits per heavy atom. The molecule has 19 heavy (non-hydrogen) atoms. The summed E-state index contributed by atoms with van der Waals surface area (Å²) in [4.78, 5) is 0. The van der Waals surface area contributed by atoms with E-state index in [0.717, 1.165) is 37.9 Å². The predicted molar refractivity (Wildman–Crippen MR) is 75.8 cm³/mol. The molecule has 1 aromatic carbocycles. The average Bonchev–Trinajstić information content (AvgIpc) is 2.91. The second-order valence-corrected chi connectivity index (χ2v) is 5.38. The Hall–Kier alpha value is -0.770. The minimum absolute atomic E-state index is 0.395. The van der Waals surface area contributed by atoms with Crippen LogP contribution in [0.25, 0.3) is 0 Å². The van der Waals surface area contributed by atoms with E-state index in [1.807, 2.05) is 6.07 Å². The van der Waals surface area contributed by atoms with Crippen molar-refractivity contribution in [2.24, 2.45) is 0 Å². The van der Waals surface area contributed by atoms with Crippen LogP contribution < -0.4 is 4.74 Å². The van der Waals surface area contributed by atoms with Crippen LogP contribution in [0.15, 0.2) is 18.2 Å². The maximum Gasteiger partial charge on any atom is 0.137 e. The summed E-state index contributed by atoms with van der Waals surface area (Å²) < 4.78 is 10.7. The smallest absolute Gasteiger partial charge is 0.137 e. The van der Waals surface area contributed by atoms with Crippen LogP contribution in [0, 0.1) is 0 Å². The van der Waals surface area contributed by atoms with Crippen molar-refractivity contribution in [2.45, 2.75) is 44.3 Å². The van der Waals surface area contributed by atoms with Gasteiger partial charge in [-0.3, -0.25) is 0 Å². The minimum Gasteiger partial charge on any atom is -0.495 e. The summed E-state index contributed by atoms with van der Waals surface area (Å²) in [5.41, 5.74) is 0.846. The number of hydrogen-bond acceptors (Lipinski definition) is 3. The van der Waals surface area contributed by atoms with Crippen molar-refractivity contribution in [1.82, 2.24) is 0 Å². The first-order valence-electron chi connectivity index (χ1n) is 6.84. The molecular weight excluding hydrogens is 264 g/mol. The van der Waals surface area contributed by atoms with Crippen molar-refractivity contribution in [3.63, 3.8) is 0 Å². The molecule has 1 N–H and O–H groups in total. The molecule has 0 radical (unpaired) electrons. The molecular formula is C15H21ClO3. The topological polar surface area (TPSA) is 38.7 Å². The summed E-state index contributed by atoms with van der Waals surface area (Å²) in [6, 6.07) is 5.43. The van der Waals surface area contributed by atoms with Gasteiger partial charge in [-0.1, -0.05) is 17.7 Å². The van der Waals surface area contributed by atoms with Crippen LogP contribution >= 0.6 is 11.6 Å². The van der Waals surface area contributed by atoms with Crippen molar-refractivity contribution in [2.75, 3.05) is 13.7 Å². The quantitative estimate of drug-likeness (QED) is 0.865. The molecule has 1 aliphatic rings. The number of ether oxygens (including phenoxy) is 2. The summed E-state index contributed by atoms with van der Waals surface area (Å²) >= 11 is 6.06. The Balaban J connectivity index is 1.81. The Morgan fingerprint density at radius 3 is 3.00 bits per heavy atom. The lowest BCUT2D eigenvalue weighted by Crippen LogP contribution is -2.06. The highest BCUT2D eigenvalue weighted by atomic mass is 35.5. The van der Waals surface area contributed by atoms with E-state index in [2.05, 4.69) is 0 Å². The van der Waals surface area contributed by atoms with Gasteiger partial charge in [0.1, 0.15) is 5.75 Å². The van der Waals surface area contributed by atoms with E-state index in [9.17, 15) is 5.11 Å². The van der Waals surface area contributed by atoms with Gasteiger partial charge in [-0.05, 0) is 49.8 Å². The molecule has 0 saturated carbocycles. The average molecular weight is 285 g/mol. The van der Waals surface area contributed by atoms with Gasteiger partial charge in [0.05, 0.1) is 24.3 Å². The van der Waals surface area contributed by atoms with Gasteiger partial charge in [-0.15, -0.1) is 0 Å². The number of benzene rings is 1. The van der Waals surface area contributed by atoms with E-state index >= 15 is 0 Å². The summed E-state index contributed by atoms with van der Waals surface area (Å²) in [6.07, 6.45) is 4.99. The van der Waals surface area contributed by atoms with Crippen LogP contribution in [-0.2, 0) is 4.74 Å². The predicted octanol–water partition coefficient (Wildman–Crippen LogP) is 3.73. The first kappa shape index (κ1) is 14.6. The van der Waals surface area contributed by atoms with E-state index in [-0.39, 0.29) is 0 Å². The molecule has 3 nitrogen and oxygen atoms in total. The van der Waals surface area contributed by atoms with E-state index in [1.165, 1.54) is 6.42 Å². The Labute approximate surface area is 119 Å². The molecule has 2 unspecified atom stereocenters. The normalized spacial score (nSPS) is 20.5. The number of methoxy groups -OCH3 is 1. The fraction of sp³-hybridized carbons (Fsp3) is 0.600. The van der Waals surface area contributed by atoms with Gasteiger partial charge in [0.2, 0.25) is 0 Å². The largest absolute Gasteiger partial charge is 0.495 e. The second-order valence-electron chi connectivity index (χ2n) is 4.98. The maximum atomic E-state index is 10.1. The van der Waals surface area contributed by atoms with Crippen molar-refractivity contribution in [3.05, 3.63) is 28.8 Å². The first-order valence-corrected chi connectivity index (χ1v) is 7.21. The van der Waals surface area contributed by atoms with E-state index < -0.39 is 6.10 Å². The molecule has 0 amide bonds. The van der Waals surface area contributed by atoms with Gasteiger partial charge >= 0.3 is 0 Å². The standard InChI is InChI=1S/C15H21ClO3/c1-18-15-8-7-11(10-13(15)16)14(17)6-2-4-12-5-3-9-19-12/h7-8,10,12,14,17H,2-6,9H2,1H3. The highest BCUT2D eigenvalue weighted by molar-refractivity contribution is 6.32. The van der Waals surface area contributed by atoms with Crippen molar-refractivity contribution in [3.8, 4) is 5.75 Å². The van der Waals surface area contributed by atoms with E-state index in [1.54, 1.807) is 19.2 Å². The zero-order valence-corrected chi connectivity index (χ0v) is 12.0. The molecule has 0 spiro atoms. The summed E-state index contributed by atoms with van der Waals surface area (Å²) in [5, 5.41) is 10.7. The SMILES string of the molecule is COc1ccc(C(O)CCCC2CCCO2)cc1Cl. The summed E-state index contributed by atoms with van der Waals surface area (Å²) in [7, 11) is 1.58. The molecule has 2 atom stereocenters. The molecule has 1 aliphatic heterocycles. The Bertz CT molecular complexity index is 402. The molecule has 1 aromatic rings. The zero-order chi connectivity index (χ0) is 13.7. The van der Waals surface area contributed by atoms with Gasteiger partial charge < -0.3 is 14.6 Å². The lowest BCUT2D eigenvalue weighted by atomic mass is 10.0. The minimum atomic E-state index is -0.468. The van der Waals surface area contributed by atoms with Crippen molar-refractivity contribution >= 4 is 11.6 Å². The number of rotatable bonds is 6. The van der Waals surface area contributed by atoms with Crippen LogP contribution in [0.4, 0.5) is 0 Å². The summed E-state index contributed by atoms with van der Waals surface area (Å²) in [5.74, 6) is 0.636. The van der Waals surface area contributed by atoms with Crippen LogP contribution in [0.3, 0.4) is 0 Å². The molecule has 1 saturated heterocycles. The highest BCUT2D eigenvalue weighted by Gasteiger charge is 2.16. The van der Waals surface area contributed by atoms with Crippen LogP contribution in [-0.4, -0.2) is 24.9 Å². The summed E-state index contributed by atoms with van der Waals surface area (Å²) in [6.45, 7) is 0.890. The lowest BCUT2D eigenvalue weighted by Gasteiger charge is -2.14. The monoisotopic (exact) mass is 284 g/mol. The number of hydrogen-bond donors (Lipinski definition) is 1. The molecule has 4 heteroatoms. The van der Waals surface area contributed by atoms with E-state index in [4.69, 9.17) is 21.1 Å². The maximum absolute atomic E-state index is 10.1. The number of halogens is 1. The van der Waals surface area contributed by atoms with Crippen molar-refractivity contribution < 1.29 is 14.6 Å². The molecule has 2 rings (SSSR count). The van der Waals surface area contributed by atoms with Gasteiger partial charge in [-0.25, -0.2) is 0 Å². The third-order valence-electron chi connectivity index (χ3n) is 3.59. The van der Waals surface area contributed by atoms with Gasteiger partial charge in [0.25, 0.3) is 0 Å². The molecule has 1 heterocycles. The van der Waals surface area contributed by atoms with Gasteiger partial charge in [0, 0.05) is 6.61 Å². The van der Waals surface area contributed by atoms with Crippen LogP contribution in [0.2, 0.25) is 5.02 Å². The van der Waals surface area contributed by atoms with Crippen LogP contribution in [0.5, 0.6) is 5.75 Å². The zero-order valence-electron chi connectivity index (χ0n) is 11.3. The Morgan fingerprint density at radius 2 is 2.37 bits per heavy atom. The second kappa shape index (κ2) is 7.13. The third-order valence-corrected chi connectivity index (χ3v) is 3.88. The molecule has 1 fully saturated rings. The van der Waals surface area contributed by atoms with Crippen molar-refractivity contribution in [1.29, 1.82) is 0 Å². The third kappa shape index (κ3) is 4.10. The Kier molecular flexibility index (Phi) is 5.49. The lowest BCUT2D eigenvalue weighted by molar-refractivity contribution is 0.0944. The van der Waals surface area contributed by atoms with E-state index in [0.29, 0.717) is 16.9 Å². The molecule has 0 aliphatic carbocycles. The number of aliphatic hydroxyl groups excluding tert-OH is 1. The van der Waals surface area contributed by atoms with Crippen LogP contribution in [0.1, 0.15) is 43.8 Å². The first-order chi connectivity index (χ1) is 9.20. The number of aliphatic hydroxyl groups is 1. The fourth-order valence-electron chi connectivity index (χ4n) is 2.47. The highest BCUT2D eigenvalue weighted by Crippen LogP contribution is 2.29. The molecule has 0 bridgehead atoms. The molecule has 106 valence electrons. The molecule has 0 aromatic heterocycles. The van der Waals surface area contributed by atoms with Gasteiger partial charge in [-0.2, -0.15) is 0 Å². The fourth-order valence-corrected chi connectivity index (χ4v) is 2.73.